The Kier molecular flexibility index (Phi) is 5.45. The minimum atomic E-state index is -0.939. The van der Waals surface area contributed by atoms with Crippen LogP contribution in [-0.4, -0.2) is 54.8 Å². The van der Waals surface area contributed by atoms with Crippen LogP contribution < -0.4 is 9.64 Å². The molecule has 0 aliphatic carbocycles. The molecule has 2 heterocycles. The Balaban J connectivity index is 1.56. The van der Waals surface area contributed by atoms with E-state index in [1.807, 2.05) is 6.07 Å². The number of hydrogen-bond acceptors (Lipinski definition) is 5. The van der Waals surface area contributed by atoms with Crippen molar-refractivity contribution < 1.29 is 18.6 Å². The van der Waals surface area contributed by atoms with Crippen molar-refractivity contribution in [2.45, 2.75) is 6.10 Å². The van der Waals surface area contributed by atoms with Crippen LogP contribution in [0.2, 0.25) is 0 Å². The zero-order valence-electron chi connectivity index (χ0n) is 14.0. The number of piperazine rings is 1. The van der Waals surface area contributed by atoms with Crippen LogP contribution in [-0.2, 0) is 0 Å². The molecule has 0 amide bonds. The Labute approximate surface area is 145 Å². The summed E-state index contributed by atoms with van der Waals surface area (Å²) in [6, 6.07) is 7.21. The number of halogens is 2. The highest BCUT2D eigenvalue weighted by Gasteiger charge is 2.21. The van der Waals surface area contributed by atoms with Crippen LogP contribution in [0.15, 0.2) is 36.5 Å². The van der Waals surface area contributed by atoms with Gasteiger partial charge in [0.2, 0.25) is 0 Å². The average Bonchev–Trinajstić information content (AvgIpc) is 2.64. The second-order valence-corrected chi connectivity index (χ2v) is 6.03. The van der Waals surface area contributed by atoms with Gasteiger partial charge in [-0.05, 0) is 23.8 Å². The summed E-state index contributed by atoms with van der Waals surface area (Å²) in [7, 11) is 1.62. The molecule has 3 rings (SSSR count). The predicted molar refractivity (Wildman–Crippen MR) is 90.8 cm³/mol. The first-order valence-corrected chi connectivity index (χ1v) is 8.17. The Bertz CT molecular complexity index is 721. The van der Waals surface area contributed by atoms with Gasteiger partial charge in [-0.3, -0.25) is 4.90 Å². The highest BCUT2D eigenvalue weighted by atomic mass is 19.2. The largest absolute Gasteiger partial charge is 0.497 e. The number of aliphatic hydroxyl groups is 1. The maximum atomic E-state index is 13.3. The van der Waals surface area contributed by atoms with Crippen molar-refractivity contribution in [3.8, 4) is 5.75 Å². The normalized spacial score (nSPS) is 16.7. The number of aromatic nitrogens is 1. The van der Waals surface area contributed by atoms with Crippen LogP contribution in [0.4, 0.5) is 14.6 Å². The van der Waals surface area contributed by atoms with E-state index in [2.05, 4.69) is 14.8 Å². The van der Waals surface area contributed by atoms with Gasteiger partial charge < -0.3 is 14.7 Å². The van der Waals surface area contributed by atoms with Gasteiger partial charge in [-0.15, -0.1) is 0 Å². The Morgan fingerprint density at radius 1 is 1.12 bits per heavy atom. The lowest BCUT2D eigenvalue weighted by molar-refractivity contribution is 0.109. The molecule has 1 aromatic carbocycles. The van der Waals surface area contributed by atoms with E-state index in [0.29, 0.717) is 12.1 Å². The molecule has 1 atom stereocenters. The first-order chi connectivity index (χ1) is 12.1. The first kappa shape index (κ1) is 17.6. The van der Waals surface area contributed by atoms with Gasteiger partial charge in [-0.1, -0.05) is 6.07 Å². The molecule has 2 aromatic rings. The number of pyridine rings is 1. The van der Waals surface area contributed by atoms with E-state index in [9.17, 15) is 13.9 Å². The average molecular weight is 349 g/mol. The minimum absolute atomic E-state index is 0.379. The summed E-state index contributed by atoms with van der Waals surface area (Å²) in [6.45, 7) is 3.42. The van der Waals surface area contributed by atoms with E-state index in [0.717, 1.165) is 49.9 Å². The van der Waals surface area contributed by atoms with Crippen molar-refractivity contribution in [3.05, 3.63) is 53.7 Å². The molecule has 0 radical (unpaired) electrons. The van der Waals surface area contributed by atoms with E-state index in [1.54, 1.807) is 19.4 Å². The number of benzene rings is 1. The summed E-state index contributed by atoms with van der Waals surface area (Å²) in [4.78, 5) is 8.62. The molecule has 1 N–H and O–H groups in total. The molecule has 7 heteroatoms. The van der Waals surface area contributed by atoms with E-state index in [-0.39, 0.29) is 0 Å². The molecule has 1 aromatic heterocycles. The summed E-state index contributed by atoms with van der Waals surface area (Å²) >= 11 is 0. The van der Waals surface area contributed by atoms with Gasteiger partial charge in [-0.2, -0.15) is 0 Å². The fraction of sp³-hybridized carbons (Fsp3) is 0.389. The third-order valence-electron chi connectivity index (χ3n) is 4.41. The molecular weight excluding hydrogens is 328 g/mol. The zero-order valence-corrected chi connectivity index (χ0v) is 14.0. The van der Waals surface area contributed by atoms with Gasteiger partial charge in [0.05, 0.1) is 13.2 Å². The lowest BCUT2D eigenvalue weighted by Gasteiger charge is -2.36. The van der Waals surface area contributed by atoms with Crippen molar-refractivity contribution >= 4 is 5.82 Å². The molecule has 1 aliphatic rings. The van der Waals surface area contributed by atoms with E-state index < -0.39 is 17.7 Å². The highest BCUT2D eigenvalue weighted by molar-refractivity contribution is 5.44. The van der Waals surface area contributed by atoms with Crippen LogP contribution in [0.5, 0.6) is 5.75 Å². The SMILES string of the molecule is COc1ccnc(N2CCN(CC(O)c3ccc(F)c(F)c3)CC2)c1. The van der Waals surface area contributed by atoms with Gasteiger partial charge in [0.1, 0.15) is 11.6 Å². The molecule has 134 valence electrons. The van der Waals surface area contributed by atoms with Crippen molar-refractivity contribution in [1.82, 2.24) is 9.88 Å². The number of methoxy groups -OCH3 is 1. The first-order valence-electron chi connectivity index (χ1n) is 8.17. The lowest BCUT2D eigenvalue weighted by atomic mass is 10.1. The van der Waals surface area contributed by atoms with Crippen molar-refractivity contribution in [2.75, 3.05) is 44.7 Å². The van der Waals surface area contributed by atoms with Crippen molar-refractivity contribution in [3.63, 3.8) is 0 Å². The molecule has 0 saturated carbocycles. The standard InChI is InChI=1S/C18H21F2N3O2/c1-25-14-4-5-21-18(11-14)23-8-6-22(7-9-23)12-17(24)13-2-3-15(19)16(20)10-13/h2-5,10-11,17,24H,6-9,12H2,1H3. The second kappa shape index (κ2) is 7.76. The number of nitrogens with zero attached hydrogens (tertiary/aromatic N) is 3. The summed E-state index contributed by atoms with van der Waals surface area (Å²) in [6.07, 6.45) is 0.865. The minimum Gasteiger partial charge on any atom is -0.497 e. The van der Waals surface area contributed by atoms with E-state index in [1.165, 1.54) is 6.07 Å². The molecule has 25 heavy (non-hydrogen) atoms. The third kappa shape index (κ3) is 4.24. The molecule has 5 nitrogen and oxygen atoms in total. The Morgan fingerprint density at radius 3 is 2.56 bits per heavy atom. The number of anilines is 1. The number of rotatable bonds is 5. The van der Waals surface area contributed by atoms with Gasteiger partial charge >= 0.3 is 0 Å². The van der Waals surface area contributed by atoms with Gasteiger partial charge in [0.15, 0.2) is 11.6 Å². The van der Waals surface area contributed by atoms with Gasteiger partial charge in [0, 0.05) is 45.0 Å². The van der Waals surface area contributed by atoms with Crippen LogP contribution in [0.25, 0.3) is 0 Å². The molecule has 1 saturated heterocycles. The molecule has 1 unspecified atom stereocenters. The second-order valence-electron chi connectivity index (χ2n) is 6.03. The molecule has 1 fully saturated rings. The number of hydrogen-bond donors (Lipinski definition) is 1. The molecular formula is C18H21F2N3O2. The maximum Gasteiger partial charge on any atom is 0.159 e. The zero-order chi connectivity index (χ0) is 17.8. The van der Waals surface area contributed by atoms with Crippen LogP contribution in [0.3, 0.4) is 0 Å². The number of β-amino-alcohol motifs (C(OH)–C–C–N with tert-alkyl or cyclic N) is 1. The summed E-state index contributed by atoms with van der Waals surface area (Å²) in [5.74, 6) is -0.220. The van der Waals surface area contributed by atoms with Crippen molar-refractivity contribution in [1.29, 1.82) is 0 Å². The highest BCUT2D eigenvalue weighted by Crippen LogP contribution is 2.21. The maximum absolute atomic E-state index is 13.3. The third-order valence-corrected chi connectivity index (χ3v) is 4.41. The van der Waals surface area contributed by atoms with Crippen LogP contribution in [0, 0.1) is 11.6 Å². The van der Waals surface area contributed by atoms with Crippen LogP contribution >= 0.6 is 0 Å². The van der Waals surface area contributed by atoms with Crippen LogP contribution in [0.1, 0.15) is 11.7 Å². The Morgan fingerprint density at radius 2 is 1.88 bits per heavy atom. The molecule has 1 aliphatic heterocycles. The van der Waals surface area contributed by atoms with Gasteiger partial charge in [0.25, 0.3) is 0 Å². The number of ether oxygens (including phenoxy) is 1. The predicted octanol–water partition coefficient (Wildman–Crippen LogP) is 2.22. The quantitative estimate of drug-likeness (QED) is 0.897. The molecule has 0 spiro atoms. The van der Waals surface area contributed by atoms with Gasteiger partial charge in [-0.25, -0.2) is 13.8 Å². The molecule has 0 bridgehead atoms. The summed E-state index contributed by atoms with van der Waals surface area (Å²) in [5.41, 5.74) is 0.385. The topological polar surface area (TPSA) is 48.8 Å². The lowest BCUT2D eigenvalue weighted by Crippen LogP contribution is -2.47. The van der Waals surface area contributed by atoms with E-state index >= 15 is 0 Å². The number of aliphatic hydroxyl groups excluding tert-OH is 1. The fourth-order valence-corrected chi connectivity index (χ4v) is 2.93. The van der Waals surface area contributed by atoms with Crippen molar-refractivity contribution in [2.24, 2.45) is 0 Å². The van der Waals surface area contributed by atoms with E-state index in [4.69, 9.17) is 4.74 Å². The summed E-state index contributed by atoms with van der Waals surface area (Å²) in [5, 5.41) is 10.3. The monoisotopic (exact) mass is 349 g/mol. The fourth-order valence-electron chi connectivity index (χ4n) is 2.93. The summed E-state index contributed by atoms with van der Waals surface area (Å²) < 4.78 is 31.5. The Hall–Kier alpha value is -2.25. The smallest absolute Gasteiger partial charge is 0.159 e.